The van der Waals surface area contributed by atoms with Crippen molar-refractivity contribution in [1.29, 1.82) is 0 Å². The molecule has 2 heterocycles. The Bertz CT molecular complexity index is 388. The molecule has 0 bridgehead atoms. The molecule has 14 heavy (non-hydrogen) atoms. The Morgan fingerprint density at radius 1 is 1.71 bits per heavy atom. The topological polar surface area (TPSA) is 64.3 Å². The second-order valence-corrected chi connectivity index (χ2v) is 2.98. The lowest BCUT2D eigenvalue weighted by molar-refractivity contribution is -0.0795. The van der Waals surface area contributed by atoms with Crippen molar-refractivity contribution >= 4 is 5.97 Å². The van der Waals surface area contributed by atoms with Crippen LogP contribution in [0.2, 0.25) is 0 Å². The number of aromatic nitrogens is 2. The first-order valence-electron chi connectivity index (χ1n) is 3.80. The largest absolute Gasteiger partial charge is 0.476 e. The Hall–Kier alpha value is -1.66. The van der Waals surface area contributed by atoms with Crippen molar-refractivity contribution in [2.24, 2.45) is 0 Å². The highest BCUT2D eigenvalue weighted by Crippen LogP contribution is 2.27. The van der Waals surface area contributed by atoms with E-state index >= 15 is 0 Å². The van der Waals surface area contributed by atoms with Crippen LogP contribution in [0.1, 0.15) is 10.5 Å². The van der Waals surface area contributed by atoms with Gasteiger partial charge < -0.3 is 9.84 Å². The molecular weight excluding hydrogens is 198 g/mol. The number of halogens is 2. The quantitative estimate of drug-likeness (QED) is 0.727. The molecule has 0 atom stereocenters. The standard InChI is InChI=1S/C7H6F2N2O3/c8-7(9)2-11-5(14-3-7)1-4(10-11)6(12)13/h1H,2-3H2,(H,12,13). The SMILES string of the molecule is O=C(O)c1cc2n(n1)CC(F)(F)CO2. The fraction of sp³-hybridized carbons (Fsp3) is 0.429. The summed E-state index contributed by atoms with van der Waals surface area (Å²) in [5.41, 5.74) is -0.294. The zero-order valence-electron chi connectivity index (χ0n) is 6.91. The maximum absolute atomic E-state index is 12.8. The van der Waals surface area contributed by atoms with E-state index in [1.165, 1.54) is 0 Å². The molecule has 0 aromatic carbocycles. The average molecular weight is 204 g/mol. The molecule has 5 nitrogen and oxygen atoms in total. The van der Waals surface area contributed by atoms with Crippen LogP contribution in [0.4, 0.5) is 8.78 Å². The lowest BCUT2D eigenvalue weighted by Crippen LogP contribution is -2.36. The van der Waals surface area contributed by atoms with Gasteiger partial charge in [0.1, 0.15) is 6.54 Å². The van der Waals surface area contributed by atoms with Crippen LogP contribution in [0.25, 0.3) is 0 Å². The fourth-order valence-corrected chi connectivity index (χ4v) is 1.18. The molecule has 1 aromatic rings. The summed E-state index contributed by atoms with van der Waals surface area (Å²) in [5.74, 6) is -4.19. The number of hydrogen-bond donors (Lipinski definition) is 1. The molecule has 0 saturated heterocycles. The van der Waals surface area contributed by atoms with E-state index in [2.05, 4.69) is 9.84 Å². The summed E-state index contributed by atoms with van der Waals surface area (Å²) in [5, 5.41) is 12.0. The normalized spacial score (nSPS) is 18.4. The van der Waals surface area contributed by atoms with E-state index in [4.69, 9.17) is 5.11 Å². The number of carbonyl (C=O) groups is 1. The predicted octanol–water partition coefficient (Wildman–Crippen LogP) is 0.609. The summed E-state index contributed by atoms with van der Waals surface area (Å²) >= 11 is 0. The van der Waals surface area contributed by atoms with Gasteiger partial charge in [0.15, 0.2) is 12.3 Å². The summed E-state index contributed by atoms with van der Waals surface area (Å²) in [7, 11) is 0. The number of hydrogen-bond acceptors (Lipinski definition) is 3. The predicted molar refractivity (Wildman–Crippen MR) is 39.6 cm³/mol. The number of rotatable bonds is 1. The molecule has 0 spiro atoms. The van der Waals surface area contributed by atoms with Crippen LogP contribution in [-0.4, -0.2) is 33.4 Å². The van der Waals surface area contributed by atoms with E-state index in [1.54, 1.807) is 0 Å². The third kappa shape index (κ3) is 1.40. The van der Waals surface area contributed by atoms with Crippen molar-refractivity contribution in [3.8, 4) is 5.88 Å². The molecule has 76 valence electrons. The average Bonchev–Trinajstić information content (AvgIpc) is 2.45. The Morgan fingerprint density at radius 3 is 3.07 bits per heavy atom. The number of fused-ring (bicyclic) bond motifs is 1. The van der Waals surface area contributed by atoms with Gasteiger partial charge in [-0.3, -0.25) is 0 Å². The minimum absolute atomic E-state index is 0.0633. The minimum atomic E-state index is -2.99. The molecule has 1 aliphatic rings. The molecule has 0 saturated carbocycles. The number of nitrogens with zero attached hydrogens (tertiary/aromatic N) is 2. The van der Waals surface area contributed by atoms with Gasteiger partial charge in [-0.05, 0) is 0 Å². The number of carboxylic acid groups (broad SMARTS) is 1. The fourth-order valence-electron chi connectivity index (χ4n) is 1.18. The first-order chi connectivity index (χ1) is 6.48. The Kier molecular flexibility index (Phi) is 1.70. The number of alkyl halides is 2. The molecule has 0 radical (unpaired) electrons. The minimum Gasteiger partial charge on any atom is -0.476 e. The maximum atomic E-state index is 12.8. The van der Waals surface area contributed by atoms with Gasteiger partial charge in [0.05, 0.1) is 0 Å². The highest BCUT2D eigenvalue weighted by molar-refractivity contribution is 5.85. The maximum Gasteiger partial charge on any atom is 0.356 e. The summed E-state index contributed by atoms with van der Waals surface area (Å²) < 4.78 is 31.0. The second-order valence-electron chi connectivity index (χ2n) is 2.98. The lowest BCUT2D eigenvalue weighted by atomic mass is 10.3. The van der Waals surface area contributed by atoms with Gasteiger partial charge in [0, 0.05) is 6.07 Å². The monoisotopic (exact) mass is 204 g/mol. The van der Waals surface area contributed by atoms with Crippen molar-refractivity contribution in [3.63, 3.8) is 0 Å². The third-order valence-corrected chi connectivity index (χ3v) is 1.77. The van der Waals surface area contributed by atoms with Gasteiger partial charge in [-0.15, -0.1) is 0 Å². The van der Waals surface area contributed by atoms with Crippen molar-refractivity contribution in [1.82, 2.24) is 9.78 Å². The molecule has 0 amide bonds. The van der Waals surface area contributed by atoms with Crippen LogP contribution >= 0.6 is 0 Å². The van der Waals surface area contributed by atoms with Crippen LogP contribution in [0, 0.1) is 0 Å². The van der Waals surface area contributed by atoms with Crippen LogP contribution in [0.3, 0.4) is 0 Å². The van der Waals surface area contributed by atoms with Gasteiger partial charge in [0.2, 0.25) is 5.88 Å². The van der Waals surface area contributed by atoms with E-state index in [0.29, 0.717) is 0 Å². The van der Waals surface area contributed by atoms with E-state index < -0.39 is 25.0 Å². The smallest absolute Gasteiger partial charge is 0.356 e. The van der Waals surface area contributed by atoms with Crippen LogP contribution in [-0.2, 0) is 6.54 Å². The number of aromatic carboxylic acids is 1. The first kappa shape index (κ1) is 8.92. The molecule has 7 heteroatoms. The molecule has 0 fully saturated rings. The molecule has 0 unspecified atom stereocenters. The molecule has 1 N–H and O–H groups in total. The molecule has 1 aromatic heterocycles. The van der Waals surface area contributed by atoms with Gasteiger partial charge in [-0.1, -0.05) is 0 Å². The number of carboxylic acids is 1. The van der Waals surface area contributed by atoms with Crippen molar-refractivity contribution < 1.29 is 23.4 Å². The molecule has 1 aliphatic heterocycles. The van der Waals surface area contributed by atoms with Crippen molar-refractivity contribution in [3.05, 3.63) is 11.8 Å². The summed E-state index contributed by atoms with van der Waals surface area (Å²) in [6.07, 6.45) is 0. The lowest BCUT2D eigenvalue weighted by Gasteiger charge is -2.22. The van der Waals surface area contributed by atoms with Crippen LogP contribution in [0.5, 0.6) is 5.88 Å². The second kappa shape index (κ2) is 2.66. The summed E-state index contributed by atoms with van der Waals surface area (Å²) in [6.45, 7) is -1.38. The highest BCUT2D eigenvalue weighted by Gasteiger charge is 2.37. The van der Waals surface area contributed by atoms with Crippen molar-refractivity contribution in [2.45, 2.75) is 12.5 Å². The molecule has 0 aliphatic carbocycles. The van der Waals surface area contributed by atoms with E-state index in [1.807, 2.05) is 0 Å². The number of ether oxygens (including phenoxy) is 1. The summed E-state index contributed by atoms with van der Waals surface area (Å²) in [4.78, 5) is 10.5. The highest BCUT2D eigenvalue weighted by atomic mass is 19.3. The van der Waals surface area contributed by atoms with Gasteiger partial charge >= 0.3 is 11.9 Å². The van der Waals surface area contributed by atoms with E-state index in [9.17, 15) is 13.6 Å². The Balaban J connectivity index is 2.34. The van der Waals surface area contributed by atoms with Crippen molar-refractivity contribution in [2.75, 3.05) is 6.61 Å². The third-order valence-electron chi connectivity index (χ3n) is 1.77. The molecule has 2 rings (SSSR count). The van der Waals surface area contributed by atoms with Gasteiger partial charge in [-0.2, -0.15) is 5.10 Å². The Morgan fingerprint density at radius 2 is 2.43 bits per heavy atom. The van der Waals surface area contributed by atoms with Crippen LogP contribution < -0.4 is 4.74 Å². The van der Waals surface area contributed by atoms with E-state index in [0.717, 1.165) is 10.7 Å². The van der Waals surface area contributed by atoms with Crippen LogP contribution in [0.15, 0.2) is 6.07 Å². The van der Waals surface area contributed by atoms with Gasteiger partial charge in [-0.25, -0.2) is 18.3 Å². The molecular formula is C7H6F2N2O3. The van der Waals surface area contributed by atoms with E-state index in [-0.39, 0.29) is 11.6 Å². The summed E-state index contributed by atoms with van der Waals surface area (Å²) in [6, 6.07) is 1.12. The zero-order valence-corrected chi connectivity index (χ0v) is 6.91. The first-order valence-corrected chi connectivity index (χ1v) is 3.80. The Labute approximate surface area is 76.9 Å². The van der Waals surface area contributed by atoms with Gasteiger partial charge in [0.25, 0.3) is 0 Å². The zero-order chi connectivity index (χ0) is 10.3.